The summed E-state index contributed by atoms with van der Waals surface area (Å²) in [5, 5.41) is 17.8. The smallest absolute Gasteiger partial charge is 0.254 e. The summed E-state index contributed by atoms with van der Waals surface area (Å²) in [5.74, 6) is 0.223. The van der Waals surface area contributed by atoms with Gasteiger partial charge in [0.1, 0.15) is 0 Å². The lowest BCUT2D eigenvalue weighted by molar-refractivity contribution is 0.0915. The van der Waals surface area contributed by atoms with E-state index in [1.54, 1.807) is 30.5 Å². The number of halogens is 1. The molecule has 1 heterocycles. The summed E-state index contributed by atoms with van der Waals surface area (Å²) in [6, 6.07) is 7.07. The number of amides is 1. The third kappa shape index (κ3) is 4.36. The Balaban J connectivity index is 2.05. The second-order valence-corrected chi connectivity index (χ2v) is 6.59. The minimum absolute atomic E-state index is 0.0983. The molecule has 2 aromatic rings. The zero-order valence-corrected chi connectivity index (χ0v) is 15.0. The van der Waals surface area contributed by atoms with Crippen LogP contribution in [0.15, 0.2) is 30.5 Å². The van der Waals surface area contributed by atoms with Crippen LogP contribution in [-0.4, -0.2) is 27.3 Å². The third-order valence-electron chi connectivity index (χ3n) is 3.79. The van der Waals surface area contributed by atoms with Gasteiger partial charge < -0.3 is 10.4 Å². The van der Waals surface area contributed by atoms with Crippen molar-refractivity contribution in [2.45, 2.75) is 39.8 Å². The molecule has 0 radical (unpaired) electrons. The maximum absolute atomic E-state index is 12.4. The number of carbonyl (C=O) groups excluding carboxylic acids is 1. The Kier molecular flexibility index (Phi) is 6.40. The molecule has 0 saturated carbocycles. The van der Waals surface area contributed by atoms with E-state index in [1.165, 1.54) is 0 Å². The van der Waals surface area contributed by atoms with Gasteiger partial charge in [0.25, 0.3) is 5.91 Å². The predicted molar refractivity (Wildman–Crippen MR) is 95.2 cm³/mol. The lowest BCUT2D eigenvalue weighted by Gasteiger charge is -2.14. The number of hydrogen-bond donors (Lipinski definition) is 2. The van der Waals surface area contributed by atoms with Gasteiger partial charge in [-0.2, -0.15) is 5.10 Å². The fourth-order valence-corrected chi connectivity index (χ4v) is 2.88. The number of rotatable bonds is 7. The lowest BCUT2D eigenvalue weighted by Crippen LogP contribution is -2.29. The average molecular weight is 350 g/mol. The van der Waals surface area contributed by atoms with Crippen molar-refractivity contribution in [3.63, 3.8) is 0 Å². The van der Waals surface area contributed by atoms with E-state index in [9.17, 15) is 9.90 Å². The number of carbonyl (C=O) groups is 1. The van der Waals surface area contributed by atoms with Gasteiger partial charge >= 0.3 is 0 Å². The summed E-state index contributed by atoms with van der Waals surface area (Å²) < 4.78 is 1.88. The Morgan fingerprint density at radius 1 is 1.38 bits per heavy atom. The molecule has 2 rings (SSSR count). The first-order chi connectivity index (χ1) is 11.4. The Bertz CT molecular complexity index is 697. The van der Waals surface area contributed by atoms with Crippen LogP contribution in [0.5, 0.6) is 0 Å². The number of aliphatic hydroxyl groups excluding tert-OH is 1. The first-order valence-electron chi connectivity index (χ1n) is 8.19. The van der Waals surface area contributed by atoms with Crippen molar-refractivity contribution in [3.05, 3.63) is 52.3 Å². The molecule has 1 amide bonds. The van der Waals surface area contributed by atoms with E-state index in [2.05, 4.69) is 24.3 Å². The minimum atomic E-state index is -0.849. The zero-order valence-electron chi connectivity index (χ0n) is 14.3. The molecule has 0 fully saturated rings. The van der Waals surface area contributed by atoms with Crippen molar-refractivity contribution in [2.75, 3.05) is 6.54 Å². The Labute approximate surface area is 147 Å². The molecule has 1 aromatic carbocycles. The van der Waals surface area contributed by atoms with Crippen LogP contribution >= 0.6 is 11.6 Å². The third-order valence-corrected chi connectivity index (χ3v) is 4.13. The second-order valence-electron chi connectivity index (χ2n) is 6.18. The van der Waals surface area contributed by atoms with Crippen LogP contribution in [0.4, 0.5) is 0 Å². The minimum Gasteiger partial charge on any atom is -0.387 e. The Morgan fingerprint density at radius 3 is 2.71 bits per heavy atom. The molecule has 1 unspecified atom stereocenters. The van der Waals surface area contributed by atoms with Gasteiger partial charge in [-0.25, -0.2) is 0 Å². The van der Waals surface area contributed by atoms with Gasteiger partial charge in [0.2, 0.25) is 0 Å². The van der Waals surface area contributed by atoms with Crippen LogP contribution in [0.2, 0.25) is 5.02 Å². The topological polar surface area (TPSA) is 67.2 Å². The quantitative estimate of drug-likeness (QED) is 0.806. The number of aromatic nitrogens is 2. The SMILES string of the molecule is CCc1c(C(=O)NCC(O)c2ccccc2Cl)cnn1CC(C)C. The molecule has 0 aliphatic carbocycles. The van der Waals surface area contributed by atoms with Crippen LogP contribution in [-0.2, 0) is 13.0 Å². The molecule has 1 atom stereocenters. The maximum Gasteiger partial charge on any atom is 0.254 e. The normalized spacial score (nSPS) is 12.4. The van der Waals surface area contributed by atoms with Gasteiger partial charge in [-0.1, -0.05) is 50.6 Å². The monoisotopic (exact) mass is 349 g/mol. The van der Waals surface area contributed by atoms with Crippen molar-refractivity contribution in [1.29, 1.82) is 0 Å². The van der Waals surface area contributed by atoms with E-state index < -0.39 is 6.10 Å². The summed E-state index contributed by atoms with van der Waals surface area (Å²) in [5.41, 5.74) is 2.07. The standard InChI is InChI=1S/C18H24ClN3O2/c1-4-16-14(9-21-22(16)11-12(2)3)18(24)20-10-17(23)13-7-5-6-8-15(13)19/h5-9,12,17,23H,4,10-11H2,1-3H3,(H,20,24). The first kappa shape index (κ1) is 18.5. The molecule has 130 valence electrons. The van der Waals surface area contributed by atoms with Crippen molar-refractivity contribution in [3.8, 4) is 0 Å². The summed E-state index contributed by atoms with van der Waals surface area (Å²) in [6.07, 6.45) is 1.47. The van der Waals surface area contributed by atoms with E-state index >= 15 is 0 Å². The van der Waals surface area contributed by atoms with E-state index in [4.69, 9.17) is 11.6 Å². The van der Waals surface area contributed by atoms with Gasteiger partial charge in [-0.3, -0.25) is 9.48 Å². The summed E-state index contributed by atoms with van der Waals surface area (Å²) in [6.45, 7) is 7.10. The number of benzene rings is 1. The van der Waals surface area contributed by atoms with Crippen LogP contribution in [0.1, 0.15) is 48.5 Å². The molecular formula is C18H24ClN3O2. The molecule has 0 aliphatic rings. The van der Waals surface area contributed by atoms with Crippen molar-refractivity contribution >= 4 is 17.5 Å². The van der Waals surface area contributed by atoms with Gasteiger partial charge in [0, 0.05) is 23.7 Å². The van der Waals surface area contributed by atoms with Crippen molar-refractivity contribution in [1.82, 2.24) is 15.1 Å². The number of nitrogens with one attached hydrogen (secondary N) is 1. The molecule has 5 nitrogen and oxygen atoms in total. The number of aliphatic hydroxyl groups is 1. The van der Waals surface area contributed by atoms with Crippen LogP contribution < -0.4 is 5.32 Å². The molecule has 0 saturated heterocycles. The van der Waals surface area contributed by atoms with E-state index in [1.807, 2.05) is 11.6 Å². The molecule has 0 spiro atoms. The lowest BCUT2D eigenvalue weighted by atomic mass is 10.1. The van der Waals surface area contributed by atoms with Crippen molar-refractivity contribution in [2.24, 2.45) is 5.92 Å². The highest BCUT2D eigenvalue weighted by Gasteiger charge is 2.18. The van der Waals surface area contributed by atoms with Gasteiger partial charge in [-0.15, -0.1) is 0 Å². The number of hydrogen-bond acceptors (Lipinski definition) is 3. The van der Waals surface area contributed by atoms with Crippen LogP contribution in [0.3, 0.4) is 0 Å². The average Bonchev–Trinajstić information content (AvgIpc) is 2.94. The molecular weight excluding hydrogens is 326 g/mol. The first-order valence-corrected chi connectivity index (χ1v) is 8.57. The van der Waals surface area contributed by atoms with Crippen LogP contribution in [0, 0.1) is 5.92 Å². The number of nitrogens with zero attached hydrogens (tertiary/aromatic N) is 2. The molecule has 1 aromatic heterocycles. The highest BCUT2D eigenvalue weighted by atomic mass is 35.5. The maximum atomic E-state index is 12.4. The van der Waals surface area contributed by atoms with Gasteiger partial charge in [0.05, 0.1) is 23.6 Å². The molecule has 2 N–H and O–H groups in total. The Morgan fingerprint density at radius 2 is 2.08 bits per heavy atom. The summed E-state index contributed by atoms with van der Waals surface area (Å²) in [7, 11) is 0. The fourth-order valence-electron chi connectivity index (χ4n) is 2.62. The van der Waals surface area contributed by atoms with Crippen molar-refractivity contribution < 1.29 is 9.90 Å². The van der Waals surface area contributed by atoms with E-state index in [0.29, 0.717) is 22.1 Å². The summed E-state index contributed by atoms with van der Waals surface area (Å²) >= 11 is 6.06. The van der Waals surface area contributed by atoms with Crippen LogP contribution in [0.25, 0.3) is 0 Å². The zero-order chi connectivity index (χ0) is 17.7. The fraction of sp³-hybridized carbons (Fsp3) is 0.444. The van der Waals surface area contributed by atoms with E-state index in [0.717, 1.165) is 18.7 Å². The highest BCUT2D eigenvalue weighted by Crippen LogP contribution is 2.22. The predicted octanol–water partition coefficient (Wildman–Crippen LogP) is 3.22. The molecule has 0 bridgehead atoms. The molecule has 6 heteroatoms. The summed E-state index contributed by atoms with van der Waals surface area (Å²) in [4.78, 5) is 12.4. The van der Waals surface area contributed by atoms with Gasteiger partial charge in [0.15, 0.2) is 0 Å². The highest BCUT2D eigenvalue weighted by molar-refractivity contribution is 6.31. The second kappa shape index (κ2) is 8.31. The molecule has 0 aliphatic heterocycles. The largest absolute Gasteiger partial charge is 0.387 e. The van der Waals surface area contributed by atoms with Gasteiger partial charge in [-0.05, 0) is 18.4 Å². The molecule has 24 heavy (non-hydrogen) atoms. The van der Waals surface area contributed by atoms with E-state index in [-0.39, 0.29) is 12.5 Å². The Hall–Kier alpha value is -1.85.